The molecule has 1 aliphatic heterocycles. The molecule has 0 saturated heterocycles. The highest BCUT2D eigenvalue weighted by Gasteiger charge is 2.33. The molecule has 0 saturated carbocycles. The Kier molecular flexibility index (Phi) is 4.86. The summed E-state index contributed by atoms with van der Waals surface area (Å²) in [5.41, 5.74) is 6.73. The molecule has 0 bridgehead atoms. The zero-order chi connectivity index (χ0) is 22.5. The minimum absolute atomic E-state index is 0.265. The Bertz CT molecular complexity index is 1420. The summed E-state index contributed by atoms with van der Waals surface area (Å²) in [6.45, 7) is 6.33. The fourth-order valence-electron chi connectivity index (χ4n) is 4.23. The van der Waals surface area contributed by atoms with E-state index in [1.807, 2.05) is 54.9 Å². The third kappa shape index (κ3) is 3.29. The van der Waals surface area contributed by atoms with Crippen LogP contribution in [0.25, 0.3) is 16.9 Å². The van der Waals surface area contributed by atoms with Gasteiger partial charge >= 0.3 is 0 Å². The van der Waals surface area contributed by atoms with Gasteiger partial charge in [0.2, 0.25) is 0 Å². The Morgan fingerprint density at radius 2 is 1.69 bits per heavy atom. The van der Waals surface area contributed by atoms with Gasteiger partial charge in [0.1, 0.15) is 5.69 Å². The van der Waals surface area contributed by atoms with E-state index in [9.17, 15) is 8.42 Å². The van der Waals surface area contributed by atoms with Gasteiger partial charge in [-0.15, -0.1) is 0 Å². The number of hydrogen-bond acceptors (Lipinski definition) is 4. The molecule has 7 heteroatoms. The van der Waals surface area contributed by atoms with Gasteiger partial charge in [-0.05, 0) is 69.2 Å². The highest BCUT2D eigenvalue weighted by molar-refractivity contribution is 7.92. The maximum atomic E-state index is 13.6. The predicted octanol–water partition coefficient (Wildman–Crippen LogP) is 4.61. The summed E-state index contributed by atoms with van der Waals surface area (Å²) in [4.78, 5) is 4.76. The normalized spacial score (nSPS) is 13.4. The van der Waals surface area contributed by atoms with Crippen molar-refractivity contribution in [1.82, 2.24) is 14.8 Å². The standard InChI is InChI=1S/C25H24N4O2S/c1-17-9-11-21(12-10-17)32(30,31)28-15-13-22-19(3)29(20-7-4-6-18(2)16-20)27-24(22)23-8-5-14-26-25(23)28/h4-12,14,16H,13,15H2,1-3H3. The highest BCUT2D eigenvalue weighted by Crippen LogP contribution is 2.38. The monoisotopic (exact) mass is 444 g/mol. The molecule has 0 unspecified atom stereocenters. The van der Waals surface area contributed by atoms with Crippen LogP contribution in [-0.4, -0.2) is 29.7 Å². The molecule has 0 spiro atoms. The first-order chi connectivity index (χ1) is 15.4. The fourth-order valence-corrected chi connectivity index (χ4v) is 5.67. The second-order valence-corrected chi connectivity index (χ2v) is 10.0. The molecule has 3 heterocycles. The van der Waals surface area contributed by atoms with Gasteiger partial charge in [0, 0.05) is 29.6 Å². The second kappa shape index (κ2) is 7.60. The van der Waals surface area contributed by atoms with Crippen LogP contribution in [-0.2, 0) is 16.4 Å². The molecule has 2 aromatic heterocycles. The zero-order valence-corrected chi connectivity index (χ0v) is 19.1. The SMILES string of the molecule is Cc1ccc(S(=O)(=O)N2CCc3c(nn(-c4cccc(C)c4)c3C)-c3cccnc32)cc1. The van der Waals surface area contributed by atoms with Crippen molar-refractivity contribution in [3.63, 3.8) is 0 Å². The Hall–Kier alpha value is -3.45. The van der Waals surface area contributed by atoms with E-state index < -0.39 is 10.0 Å². The summed E-state index contributed by atoms with van der Waals surface area (Å²) in [6, 6.07) is 18.9. The topological polar surface area (TPSA) is 68.1 Å². The molecule has 0 aliphatic carbocycles. The molecule has 5 rings (SSSR count). The second-order valence-electron chi connectivity index (χ2n) is 8.18. The van der Waals surface area contributed by atoms with E-state index in [1.54, 1.807) is 18.3 Å². The lowest BCUT2D eigenvalue weighted by atomic mass is 10.1. The van der Waals surface area contributed by atoms with Gasteiger partial charge in [-0.3, -0.25) is 0 Å². The van der Waals surface area contributed by atoms with Crippen LogP contribution in [0.5, 0.6) is 0 Å². The van der Waals surface area contributed by atoms with Crippen LogP contribution in [0.2, 0.25) is 0 Å². The summed E-state index contributed by atoms with van der Waals surface area (Å²) in [5.74, 6) is 0.417. The molecule has 32 heavy (non-hydrogen) atoms. The summed E-state index contributed by atoms with van der Waals surface area (Å²) >= 11 is 0. The first-order valence-electron chi connectivity index (χ1n) is 10.6. The molecule has 6 nitrogen and oxygen atoms in total. The molecule has 0 radical (unpaired) electrons. The number of aromatic nitrogens is 3. The van der Waals surface area contributed by atoms with Crippen LogP contribution in [0.3, 0.4) is 0 Å². The average molecular weight is 445 g/mol. The van der Waals surface area contributed by atoms with E-state index >= 15 is 0 Å². The molecular weight excluding hydrogens is 420 g/mol. The smallest absolute Gasteiger partial charge is 0.249 e. The third-order valence-electron chi connectivity index (χ3n) is 5.94. The number of benzene rings is 2. The van der Waals surface area contributed by atoms with Crippen LogP contribution in [0.1, 0.15) is 22.4 Å². The van der Waals surface area contributed by atoms with E-state index in [0.717, 1.165) is 39.3 Å². The minimum atomic E-state index is -3.76. The Labute approximate surface area is 188 Å². The van der Waals surface area contributed by atoms with Crippen LogP contribution >= 0.6 is 0 Å². The van der Waals surface area contributed by atoms with Crippen molar-refractivity contribution in [3.05, 3.63) is 89.2 Å². The fraction of sp³-hybridized carbons (Fsp3) is 0.200. The third-order valence-corrected chi connectivity index (χ3v) is 7.74. The molecule has 0 fully saturated rings. The van der Waals surface area contributed by atoms with E-state index in [4.69, 9.17) is 5.10 Å². The van der Waals surface area contributed by atoms with Crippen molar-refractivity contribution in [2.45, 2.75) is 32.1 Å². The van der Waals surface area contributed by atoms with Crippen molar-refractivity contribution >= 4 is 15.8 Å². The van der Waals surface area contributed by atoms with Gasteiger partial charge in [0.15, 0.2) is 5.82 Å². The maximum absolute atomic E-state index is 13.6. The number of sulfonamides is 1. The number of anilines is 1. The van der Waals surface area contributed by atoms with Gasteiger partial charge in [0.25, 0.3) is 10.0 Å². The van der Waals surface area contributed by atoms with Crippen molar-refractivity contribution in [2.75, 3.05) is 10.8 Å². The molecule has 4 aromatic rings. The first kappa shape index (κ1) is 20.5. The molecular formula is C25H24N4O2S. The van der Waals surface area contributed by atoms with Crippen LogP contribution < -0.4 is 4.31 Å². The van der Waals surface area contributed by atoms with Crippen LogP contribution in [0, 0.1) is 20.8 Å². The van der Waals surface area contributed by atoms with Crippen molar-refractivity contribution in [3.8, 4) is 16.9 Å². The molecule has 0 N–H and O–H groups in total. The molecule has 0 amide bonds. The van der Waals surface area contributed by atoms with Gasteiger partial charge in [0.05, 0.1) is 10.6 Å². The zero-order valence-electron chi connectivity index (χ0n) is 18.3. The van der Waals surface area contributed by atoms with E-state index in [-0.39, 0.29) is 4.90 Å². The lowest BCUT2D eigenvalue weighted by molar-refractivity contribution is 0.590. The summed E-state index contributed by atoms with van der Waals surface area (Å²) in [5, 5.41) is 4.92. The van der Waals surface area contributed by atoms with Gasteiger partial charge < -0.3 is 0 Å². The number of rotatable bonds is 3. The van der Waals surface area contributed by atoms with Crippen LogP contribution in [0.15, 0.2) is 71.8 Å². The van der Waals surface area contributed by atoms with Gasteiger partial charge in [-0.2, -0.15) is 5.10 Å². The minimum Gasteiger partial charge on any atom is -0.249 e. The number of fused-ring (bicyclic) bond motifs is 3. The lowest BCUT2D eigenvalue weighted by Crippen LogP contribution is -2.33. The summed E-state index contributed by atoms with van der Waals surface area (Å²) in [7, 11) is -3.76. The number of aryl methyl sites for hydroxylation is 2. The summed E-state index contributed by atoms with van der Waals surface area (Å²) < 4.78 is 30.5. The Morgan fingerprint density at radius 3 is 2.44 bits per heavy atom. The van der Waals surface area contributed by atoms with Gasteiger partial charge in [-0.25, -0.2) is 22.4 Å². The largest absolute Gasteiger partial charge is 0.265 e. The molecule has 0 atom stereocenters. The Balaban J connectivity index is 1.66. The first-order valence-corrected chi connectivity index (χ1v) is 12.0. The Morgan fingerprint density at radius 1 is 0.906 bits per heavy atom. The number of nitrogens with zero attached hydrogens (tertiary/aromatic N) is 4. The maximum Gasteiger partial charge on any atom is 0.265 e. The van der Waals surface area contributed by atoms with Crippen molar-refractivity contribution in [1.29, 1.82) is 0 Å². The quantitative estimate of drug-likeness (QED) is 0.463. The summed E-state index contributed by atoms with van der Waals surface area (Å²) in [6.07, 6.45) is 2.18. The predicted molar refractivity (Wildman–Crippen MR) is 126 cm³/mol. The highest BCUT2D eigenvalue weighted by atomic mass is 32.2. The molecule has 162 valence electrons. The molecule has 2 aromatic carbocycles. The number of hydrogen-bond donors (Lipinski definition) is 0. The van der Waals surface area contributed by atoms with Crippen LogP contribution in [0.4, 0.5) is 5.82 Å². The van der Waals surface area contributed by atoms with E-state index in [1.165, 1.54) is 4.31 Å². The van der Waals surface area contributed by atoms with E-state index in [0.29, 0.717) is 18.8 Å². The van der Waals surface area contributed by atoms with Crippen molar-refractivity contribution in [2.24, 2.45) is 0 Å². The number of pyridine rings is 1. The molecule has 1 aliphatic rings. The van der Waals surface area contributed by atoms with E-state index in [2.05, 4.69) is 24.0 Å². The van der Waals surface area contributed by atoms with Crippen molar-refractivity contribution < 1.29 is 8.42 Å². The van der Waals surface area contributed by atoms with Gasteiger partial charge in [-0.1, -0.05) is 29.8 Å². The lowest BCUT2D eigenvalue weighted by Gasteiger charge is -2.23. The average Bonchev–Trinajstić information content (AvgIpc) is 3.00.